The van der Waals surface area contributed by atoms with Gasteiger partial charge in [0.15, 0.2) is 0 Å². The van der Waals surface area contributed by atoms with Gasteiger partial charge in [0.05, 0.1) is 23.5 Å². The first-order valence-electron chi connectivity index (χ1n) is 11.9. The highest BCUT2D eigenvalue weighted by atomic mass is 35.5. The Bertz CT molecular complexity index is 1490. The molecule has 39 heavy (non-hydrogen) atoms. The monoisotopic (exact) mass is 567 g/mol. The van der Waals surface area contributed by atoms with E-state index in [1.54, 1.807) is 12.1 Å². The number of unbranched alkanes of at least 4 members (excludes halogenated alkanes) is 1. The lowest BCUT2D eigenvalue weighted by atomic mass is 10.1. The topological polar surface area (TPSA) is 125 Å². The van der Waals surface area contributed by atoms with Crippen molar-refractivity contribution < 1.29 is 29.0 Å². The van der Waals surface area contributed by atoms with Gasteiger partial charge >= 0.3 is 5.97 Å². The molecule has 11 heteroatoms. The molecule has 1 aliphatic rings. The van der Waals surface area contributed by atoms with E-state index in [0.29, 0.717) is 17.3 Å². The molecule has 3 aromatic carbocycles. The molecule has 0 aliphatic carbocycles. The lowest BCUT2D eigenvalue weighted by Gasteiger charge is -2.15. The van der Waals surface area contributed by atoms with Crippen molar-refractivity contribution in [3.63, 3.8) is 0 Å². The van der Waals surface area contributed by atoms with Crippen LogP contribution in [0.2, 0.25) is 5.02 Å². The molecule has 3 amide bonds. The summed E-state index contributed by atoms with van der Waals surface area (Å²) in [5, 5.41) is 15.3. The minimum atomic E-state index is -0.743. The molecular weight excluding hydrogens is 545 g/mol. The second kappa shape index (κ2) is 12.0. The van der Waals surface area contributed by atoms with E-state index < -0.39 is 23.7 Å². The molecule has 4 rings (SSSR count). The quantitative estimate of drug-likeness (QED) is 0.131. The maximum Gasteiger partial charge on any atom is 0.338 e. The Kier molecular flexibility index (Phi) is 8.53. The summed E-state index contributed by atoms with van der Waals surface area (Å²) in [6.07, 6.45) is 1.64. The molecule has 0 radical (unpaired) electrons. The number of esters is 1. The van der Waals surface area contributed by atoms with Crippen LogP contribution in [0.1, 0.15) is 40.5 Å². The van der Waals surface area contributed by atoms with E-state index in [1.807, 2.05) is 6.92 Å². The highest BCUT2D eigenvalue weighted by Crippen LogP contribution is 2.31. The summed E-state index contributed by atoms with van der Waals surface area (Å²) >= 11 is 12.2. The minimum Gasteiger partial charge on any atom is -0.506 e. The van der Waals surface area contributed by atoms with Gasteiger partial charge in [0, 0.05) is 16.3 Å². The first kappa shape index (κ1) is 27.7. The Morgan fingerprint density at radius 1 is 0.949 bits per heavy atom. The molecule has 3 aromatic rings. The Hall–Kier alpha value is -4.34. The molecule has 3 N–H and O–H groups in total. The van der Waals surface area contributed by atoms with Crippen LogP contribution in [-0.2, 0) is 14.3 Å². The number of hydrogen-bond acceptors (Lipinski definition) is 7. The smallest absolute Gasteiger partial charge is 0.338 e. The number of benzene rings is 3. The van der Waals surface area contributed by atoms with Gasteiger partial charge in [0.25, 0.3) is 17.7 Å². The minimum absolute atomic E-state index is 0.129. The lowest BCUT2D eigenvalue weighted by Crippen LogP contribution is -2.32. The van der Waals surface area contributed by atoms with Crippen molar-refractivity contribution in [1.29, 1.82) is 0 Å². The van der Waals surface area contributed by atoms with E-state index in [9.17, 15) is 24.3 Å². The zero-order valence-corrected chi connectivity index (χ0v) is 22.2. The zero-order valence-electron chi connectivity index (χ0n) is 20.7. The van der Waals surface area contributed by atoms with E-state index in [1.165, 1.54) is 54.6 Å². The summed E-state index contributed by atoms with van der Waals surface area (Å²) in [6, 6.07) is 16.2. The standard InChI is InChI=1S/C28H23Cl2N3O6/c1-2-3-13-39-28(38)16-7-10-20(11-8-16)33-26(36)23(30)24(27(33)37)31-19-6-4-5-17(14-19)25(35)32-21-15-18(29)9-12-22(21)34/h4-12,14-15,31,34H,2-3,13H2,1H3,(H,32,35). The number of anilines is 3. The van der Waals surface area contributed by atoms with Crippen LogP contribution in [-0.4, -0.2) is 35.4 Å². The van der Waals surface area contributed by atoms with Gasteiger partial charge in [0.2, 0.25) is 0 Å². The van der Waals surface area contributed by atoms with E-state index >= 15 is 0 Å². The number of rotatable bonds is 9. The van der Waals surface area contributed by atoms with Gasteiger partial charge in [-0.15, -0.1) is 0 Å². The van der Waals surface area contributed by atoms with Crippen LogP contribution in [0.25, 0.3) is 0 Å². The van der Waals surface area contributed by atoms with Gasteiger partial charge in [-0.05, 0) is 67.1 Å². The fourth-order valence-electron chi connectivity index (χ4n) is 3.67. The number of nitrogens with zero attached hydrogens (tertiary/aromatic N) is 1. The van der Waals surface area contributed by atoms with Crippen molar-refractivity contribution in [2.24, 2.45) is 0 Å². The molecular formula is C28H23Cl2N3O6. The van der Waals surface area contributed by atoms with Gasteiger partial charge < -0.3 is 20.5 Å². The fourth-order valence-corrected chi connectivity index (χ4v) is 4.06. The van der Waals surface area contributed by atoms with Crippen LogP contribution in [0.5, 0.6) is 5.75 Å². The van der Waals surface area contributed by atoms with Crippen LogP contribution < -0.4 is 15.5 Å². The van der Waals surface area contributed by atoms with Gasteiger partial charge in [-0.2, -0.15) is 0 Å². The van der Waals surface area contributed by atoms with Gasteiger partial charge in [-0.25, -0.2) is 9.69 Å². The summed E-state index contributed by atoms with van der Waals surface area (Å²) in [7, 11) is 0. The second-order valence-electron chi connectivity index (χ2n) is 8.49. The molecule has 0 bridgehead atoms. The Morgan fingerprint density at radius 2 is 1.69 bits per heavy atom. The number of amides is 3. The molecule has 9 nitrogen and oxygen atoms in total. The third kappa shape index (κ3) is 6.22. The van der Waals surface area contributed by atoms with E-state index in [4.69, 9.17) is 27.9 Å². The number of halogens is 2. The number of ether oxygens (including phenoxy) is 1. The molecule has 0 unspecified atom stereocenters. The molecule has 1 heterocycles. The van der Waals surface area contributed by atoms with Gasteiger partial charge in [-0.1, -0.05) is 42.6 Å². The van der Waals surface area contributed by atoms with Gasteiger partial charge in [-0.3, -0.25) is 14.4 Å². The van der Waals surface area contributed by atoms with E-state index in [0.717, 1.165) is 17.7 Å². The summed E-state index contributed by atoms with van der Waals surface area (Å²) in [5.41, 5.74) is 0.983. The number of aromatic hydroxyl groups is 1. The van der Waals surface area contributed by atoms with Crippen LogP contribution in [0.3, 0.4) is 0 Å². The number of imide groups is 1. The van der Waals surface area contributed by atoms with Crippen LogP contribution in [0.4, 0.5) is 17.1 Å². The van der Waals surface area contributed by atoms with Crippen molar-refractivity contribution in [3.05, 3.63) is 93.6 Å². The average Bonchev–Trinajstić information content (AvgIpc) is 3.14. The van der Waals surface area contributed by atoms with Crippen molar-refractivity contribution >= 4 is 64.0 Å². The largest absolute Gasteiger partial charge is 0.506 e. The van der Waals surface area contributed by atoms with Crippen LogP contribution in [0.15, 0.2) is 77.5 Å². The molecule has 0 aromatic heterocycles. The van der Waals surface area contributed by atoms with E-state index in [2.05, 4.69) is 10.6 Å². The highest BCUT2D eigenvalue weighted by Gasteiger charge is 2.39. The van der Waals surface area contributed by atoms with Crippen molar-refractivity contribution in [3.8, 4) is 5.75 Å². The zero-order chi connectivity index (χ0) is 28.1. The van der Waals surface area contributed by atoms with Crippen molar-refractivity contribution in [2.75, 3.05) is 22.1 Å². The SMILES string of the molecule is CCCCOC(=O)c1ccc(N2C(=O)C(Cl)=C(Nc3cccc(C(=O)Nc4cc(Cl)ccc4O)c3)C2=O)cc1. The summed E-state index contributed by atoms with van der Waals surface area (Å²) in [6.45, 7) is 2.29. The number of phenols is 1. The fraction of sp³-hybridized carbons (Fsp3) is 0.143. The first-order chi connectivity index (χ1) is 18.7. The molecule has 0 saturated heterocycles. The third-order valence-electron chi connectivity index (χ3n) is 5.72. The maximum absolute atomic E-state index is 13.1. The molecule has 1 aliphatic heterocycles. The third-order valence-corrected chi connectivity index (χ3v) is 6.31. The molecule has 0 saturated carbocycles. The first-order valence-corrected chi connectivity index (χ1v) is 12.7. The van der Waals surface area contributed by atoms with Crippen LogP contribution >= 0.6 is 23.2 Å². The maximum atomic E-state index is 13.1. The molecule has 200 valence electrons. The van der Waals surface area contributed by atoms with Crippen LogP contribution in [0, 0.1) is 0 Å². The average molecular weight is 568 g/mol. The van der Waals surface area contributed by atoms with Crippen molar-refractivity contribution in [2.45, 2.75) is 19.8 Å². The predicted octanol–water partition coefficient (Wildman–Crippen LogP) is 5.69. The second-order valence-corrected chi connectivity index (χ2v) is 9.31. The summed E-state index contributed by atoms with van der Waals surface area (Å²) < 4.78 is 5.17. The number of nitrogens with one attached hydrogen (secondary N) is 2. The van der Waals surface area contributed by atoms with Crippen molar-refractivity contribution in [1.82, 2.24) is 0 Å². The Morgan fingerprint density at radius 3 is 2.41 bits per heavy atom. The lowest BCUT2D eigenvalue weighted by molar-refractivity contribution is -0.120. The Labute approximate surface area is 234 Å². The Balaban J connectivity index is 1.47. The summed E-state index contributed by atoms with van der Waals surface area (Å²) in [5.74, 6) is -2.65. The summed E-state index contributed by atoms with van der Waals surface area (Å²) in [4.78, 5) is 51.7. The van der Waals surface area contributed by atoms with Gasteiger partial charge in [0.1, 0.15) is 16.5 Å². The number of hydrogen-bond donors (Lipinski definition) is 3. The number of phenolic OH excluding ortho intramolecular Hbond substituents is 1. The van der Waals surface area contributed by atoms with E-state index in [-0.39, 0.29) is 39.0 Å². The predicted molar refractivity (Wildman–Crippen MR) is 148 cm³/mol. The molecule has 0 fully saturated rings. The normalized spacial score (nSPS) is 13.1. The number of carbonyl (C=O) groups is 4. The molecule has 0 atom stereocenters. The number of carbonyl (C=O) groups excluding carboxylic acids is 4. The highest BCUT2D eigenvalue weighted by molar-refractivity contribution is 6.53. The molecule has 0 spiro atoms.